The Morgan fingerprint density at radius 1 is 0.750 bits per heavy atom. The highest BCUT2D eigenvalue weighted by Gasteiger charge is 2.25. The van der Waals surface area contributed by atoms with E-state index in [4.69, 9.17) is 11.6 Å². The largest absolute Gasteiger partial charge is 0.509 e. The lowest BCUT2D eigenvalue weighted by molar-refractivity contribution is -0.929. The molecule has 1 aromatic rings. The Kier molecular flexibility index (Phi) is 14.8. The zero-order valence-electron chi connectivity index (χ0n) is 18.3. The quantitative estimate of drug-likeness (QED) is 0.230. The Hall–Kier alpha value is -0.675. The minimum Gasteiger partial charge on any atom is -0.445 e. The first-order valence-electron chi connectivity index (χ1n) is 11.0. The summed E-state index contributed by atoms with van der Waals surface area (Å²) in [5.41, 5.74) is -0.655. The van der Waals surface area contributed by atoms with Crippen molar-refractivity contribution in [3.8, 4) is 0 Å². The molecule has 0 spiro atoms. The van der Waals surface area contributed by atoms with Crippen LogP contribution in [0, 0.1) is 0 Å². The Bertz CT molecular complexity index is 471. The van der Waals surface area contributed by atoms with Crippen LogP contribution in [0.1, 0.15) is 79.1 Å². The second-order valence-corrected chi connectivity index (χ2v) is 8.22. The van der Waals surface area contributed by atoms with Crippen LogP contribution < -0.4 is 5.46 Å². The molecule has 0 fully saturated rings. The van der Waals surface area contributed by atoms with E-state index in [1.165, 1.54) is 94.2 Å². The lowest BCUT2D eigenvalue weighted by atomic mass is 9.80. The van der Waals surface area contributed by atoms with Crippen LogP contribution >= 0.6 is 11.6 Å². The molecule has 0 saturated heterocycles. The van der Waals surface area contributed by atoms with Gasteiger partial charge in [-0.3, -0.25) is 0 Å². The molecule has 0 aromatic heterocycles. The van der Waals surface area contributed by atoms with Gasteiger partial charge in [0.05, 0.1) is 26.2 Å². The van der Waals surface area contributed by atoms with E-state index in [0.717, 1.165) is 12.1 Å². The minimum absolute atomic E-state index is 0.113. The number of quaternary nitrogens is 1. The molecule has 164 valence electrons. The summed E-state index contributed by atoms with van der Waals surface area (Å²) in [6.45, 7) is 10.1. The zero-order chi connectivity index (χ0) is 21.5. The van der Waals surface area contributed by atoms with Crippen molar-refractivity contribution < 1.29 is 17.4 Å². The van der Waals surface area contributed by atoms with E-state index in [9.17, 15) is 12.9 Å². The van der Waals surface area contributed by atoms with E-state index in [1.54, 1.807) is 0 Å². The maximum atomic E-state index is 12.0. The molecule has 0 radical (unpaired) electrons. The summed E-state index contributed by atoms with van der Waals surface area (Å²) in [7, 11) is 0. The summed E-state index contributed by atoms with van der Waals surface area (Å²) >= 11 is 5.36. The van der Waals surface area contributed by atoms with Crippen molar-refractivity contribution in [2.24, 2.45) is 0 Å². The lowest BCUT2D eigenvalue weighted by Crippen LogP contribution is -2.50. The topological polar surface area (TPSA) is 0 Å². The van der Waals surface area contributed by atoms with Crippen LogP contribution in [0.4, 0.5) is 12.9 Å². The fraction of sp³-hybridized carbons (Fsp3) is 0.727. The highest BCUT2D eigenvalue weighted by Crippen LogP contribution is 2.16. The summed E-state index contributed by atoms with van der Waals surface area (Å²) in [4.78, 5) is 0. The van der Waals surface area contributed by atoms with Gasteiger partial charge in [-0.1, -0.05) is 83.2 Å². The molecule has 0 atom stereocenters. The molecule has 0 heterocycles. The number of rotatable bonds is 13. The van der Waals surface area contributed by atoms with Gasteiger partial charge in [-0.15, -0.1) is 5.46 Å². The molecule has 1 nitrogen and oxygen atoms in total. The molecule has 0 N–H and O–H groups in total. The van der Waals surface area contributed by atoms with E-state index < -0.39 is 12.4 Å². The molecule has 0 amide bonds. The number of hydrogen-bond donors (Lipinski definition) is 0. The Balaban J connectivity index is 0.000000567. The van der Waals surface area contributed by atoms with E-state index in [2.05, 4.69) is 27.7 Å². The second kappa shape index (κ2) is 15.2. The molecule has 1 aromatic carbocycles. The normalized spacial score (nSPS) is 11.9. The molecular weight excluding hydrogens is 382 g/mol. The molecular formula is C22H40BClF3N. The molecule has 0 aliphatic rings. The smallest absolute Gasteiger partial charge is 0.445 e. The van der Waals surface area contributed by atoms with Crippen molar-refractivity contribution in [1.82, 2.24) is 0 Å². The molecule has 0 unspecified atom stereocenters. The van der Waals surface area contributed by atoms with Gasteiger partial charge in [0, 0.05) is 5.02 Å². The standard InChI is InChI=1S/C16H36N.C6H4BClF3/c1-5-9-13-17(14-10-6-2,15-11-7-3)16-12-8-4;8-6-3-1-2-5(4-6)7(9,10)11/h5-16H2,1-4H3;1-4H/q+1;-1. The molecule has 0 aliphatic heterocycles. The van der Waals surface area contributed by atoms with E-state index in [-0.39, 0.29) is 5.02 Å². The molecule has 28 heavy (non-hydrogen) atoms. The van der Waals surface area contributed by atoms with Crippen LogP contribution in [0.5, 0.6) is 0 Å². The molecule has 1 rings (SSSR count). The molecule has 0 saturated carbocycles. The third-order valence-electron chi connectivity index (χ3n) is 5.17. The third-order valence-corrected chi connectivity index (χ3v) is 5.41. The molecule has 0 bridgehead atoms. The summed E-state index contributed by atoms with van der Waals surface area (Å²) in [6, 6.07) is 4.62. The van der Waals surface area contributed by atoms with Crippen LogP contribution in [-0.4, -0.2) is 37.6 Å². The number of nitrogens with zero attached hydrogens (tertiary/aromatic N) is 1. The Labute approximate surface area is 176 Å². The Morgan fingerprint density at radius 2 is 1.14 bits per heavy atom. The second-order valence-electron chi connectivity index (χ2n) is 7.78. The van der Waals surface area contributed by atoms with Gasteiger partial charge in [0.1, 0.15) is 0 Å². The van der Waals surface area contributed by atoms with Crippen molar-refractivity contribution >= 4 is 24.0 Å². The highest BCUT2D eigenvalue weighted by molar-refractivity contribution is 6.73. The van der Waals surface area contributed by atoms with Crippen molar-refractivity contribution in [1.29, 1.82) is 0 Å². The zero-order valence-corrected chi connectivity index (χ0v) is 19.1. The average molecular weight is 422 g/mol. The first-order chi connectivity index (χ1) is 13.2. The van der Waals surface area contributed by atoms with E-state index >= 15 is 0 Å². The lowest BCUT2D eigenvalue weighted by Gasteiger charge is -2.39. The summed E-state index contributed by atoms with van der Waals surface area (Å²) in [5, 5.41) is 0.113. The van der Waals surface area contributed by atoms with Gasteiger partial charge in [0.2, 0.25) is 0 Å². The maximum Gasteiger partial charge on any atom is 0.509 e. The van der Waals surface area contributed by atoms with Gasteiger partial charge in [-0.05, 0) is 31.7 Å². The number of halogens is 4. The van der Waals surface area contributed by atoms with Crippen LogP contribution in [-0.2, 0) is 0 Å². The van der Waals surface area contributed by atoms with Crippen LogP contribution in [0.25, 0.3) is 0 Å². The first kappa shape index (κ1) is 27.3. The van der Waals surface area contributed by atoms with Crippen molar-refractivity contribution in [3.05, 3.63) is 29.3 Å². The Morgan fingerprint density at radius 3 is 1.39 bits per heavy atom. The maximum absolute atomic E-state index is 12.0. The SMILES string of the molecule is CCCC[N+](CCCC)(CCCC)CCCC.F[B-](F)(F)c1cccc(Cl)c1. The third kappa shape index (κ3) is 12.0. The molecule has 6 heteroatoms. The van der Waals surface area contributed by atoms with E-state index in [0.29, 0.717) is 0 Å². The highest BCUT2D eigenvalue weighted by atomic mass is 35.5. The average Bonchev–Trinajstić information content (AvgIpc) is 2.67. The number of hydrogen-bond acceptors (Lipinski definition) is 0. The van der Waals surface area contributed by atoms with Gasteiger partial charge in [-0.2, -0.15) is 0 Å². The number of benzene rings is 1. The van der Waals surface area contributed by atoms with Crippen LogP contribution in [0.15, 0.2) is 24.3 Å². The number of unbranched alkanes of at least 4 members (excludes halogenated alkanes) is 4. The summed E-state index contributed by atoms with van der Waals surface area (Å²) in [5.74, 6) is 0. The predicted molar refractivity (Wildman–Crippen MR) is 120 cm³/mol. The van der Waals surface area contributed by atoms with Gasteiger partial charge in [-0.25, -0.2) is 0 Å². The minimum atomic E-state index is -4.91. The fourth-order valence-electron chi connectivity index (χ4n) is 3.36. The van der Waals surface area contributed by atoms with Crippen molar-refractivity contribution in [3.63, 3.8) is 0 Å². The molecule has 0 aliphatic carbocycles. The van der Waals surface area contributed by atoms with Crippen molar-refractivity contribution in [2.75, 3.05) is 26.2 Å². The van der Waals surface area contributed by atoms with Gasteiger partial charge >= 0.3 is 6.98 Å². The predicted octanol–water partition coefficient (Wildman–Crippen LogP) is 7.40. The monoisotopic (exact) mass is 421 g/mol. The van der Waals surface area contributed by atoms with Gasteiger partial charge in [0.25, 0.3) is 0 Å². The fourth-order valence-corrected chi connectivity index (χ4v) is 3.55. The summed E-state index contributed by atoms with van der Waals surface area (Å²) in [6.07, 6.45) is 11.1. The first-order valence-corrected chi connectivity index (χ1v) is 11.4. The summed E-state index contributed by atoms with van der Waals surface area (Å²) < 4.78 is 37.3. The van der Waals surface area contributed by atoms with Gasteiger partial charge in [0.15, 0.2) is 0 Å². The van der Waals surface area contributed by atoms with Crippen LogP contribution in [0.3, 0.4) is 0 Å². The van der Waals surface area contributed by atoms with Crippen molar-refractivity contribution in [2.45, 2.75) is 79.1 Å². The van der Waals surface area contributed by atoms with Gasteiger partial charge < -0.3 is 17.4 Å². The van der Waals surface area contributed by atoms with Crippen LogP contribution in [0.2, 0.25) is 5.02 Å². The van der Waals surface area contributed by atoms with E-state index in [1.807, 2.05) is 0 Å².